The highest BCUT2D eigenvalue weighted by molar-refractivity contribution is 6.30. The van der Waals surface area contributed by atoms with Crippen molar-refractivity contribution < 1.29 is 9.53 Å². The molecule has 7 heteroatoms. The molecule has 0 aliphatic carbocycles. The third-order valence-electron chi connectivity index (χ3n) is 6.44. The highest BCUT2D eigenvalue weighted by Gasteiger charge is 2.28. The lowest BCUT2D eigenvalue weighted by molar-refractivity contribution is 0.0433. The average molecular weight is 465 g/mol. The summed E-state index contributed by atoms with van der Waals surface area (Å²) >= 11 is 6.10. The summed E-state index contributed by atoms with van der Waals surface area (Å²) in [5, 5.41) is 5.47. The molecule has 2 fully saturated rings. The molecule has 0 saturated carbocycles. The maximum absolute atomic E-state index is 13.6. The van der Waals surface area contributed by atoms with E-state index in [1.165, 1.54) is 0 Å². The van der Waals surface area contributed by atoms with E-state index < -0.39 is 0 Å². The molecule has 3 heterocycles. The topological polar surface area (TPSA) is 50.6 Å². The Morgan fingerprint density at radius 1 is 1.03 bits per heavy atom. The van der Waals surface area contributed by atoms with Gasteiger partial charge in [-0.25, -0.2) is 0 Å². The second kappa shape index (κ2) is 10.1. The van der Waals surface area contributed by atoms with Crippen molar-refractivity contribution in [1.29, 1.82) is 0 Å². The van der Waals surface area contributed by atoms with Crippen molar-refractivity contribution in [2.75, 3.05) is 39.3 Å². The maximum Gasteiger partial charge on any atom is 0.257 e. The number of amides is 1. The predicted molar refractivity (Wildman–Crippen MR) is 130 cm³/mol. The van der Waals surface area contributed by atoms with Crippen molar-refractivity contribution >= 4 is 17.5 Å². The van der Waals surface area contributed by atoms with E-state index in [0.29, 0.717) is 28.9 Å². The third kappa shape index (κ3) is 5.29. The van der Waals surface area contributed by atoms with E-state index >= 15 is 0 Å². The molecule has 172 valence electrons. The van der Waals surface area contributed by atoms with E-state index in [9.17, 15) is 4.79 Å². The van der Waals surface area contributed by atoms with Crippen LogP contribution in [0, 0.1) is 0 Å². The standard InChI is InChI=1S/C26H29ClN4O2/c27-22-10-8-21(9-11-22)25-24(19-31(28-25)17-20-5-2-1-3-6-20)26(32)30-14-12-29(13-15-30)18-23-7-4-16-33-23/h1-3,5-6,8-11,19,23H,4,7,12-18H2. The van der Waals surface area contributed by atoms with Gasteiger partial charge in [-0.3, -0.25) is 14.4 Å². The second-order valence-corrected chi connectivity index (χ2v) is 9.25. The number of rotatable bonds is 6. The average Bonchev–Trinajstić information content (AvgIpc) is 3.50. The normalized spacial score (nSPS) is 19.2. The van der Waals surface area contributed by atoms with Crippen LogP contribution in [0.2, 0.25) is 5.02 Å². The Morgan fingerprint density at radius 3 is 2.48 bits per heavy atom. The number of carbonyl (C=O) groups is 1. The molecule has 0 bridgehead atoms. The van der Waals surface area contributed by atoms with Gasteiger partial charge < -0.3 is 9.64 Å². The number of halogens is 1. The minimum atomic E-state index is 0.0380. The molecule has 1 amide bonds. The van der Waals surface area contributed by atoms with Gasteiger partial charge in [0.1, 0.15) is 5.69 Å². The fraction of sp³-hybridized carbons (Fsp3) is 0.385. The van der Waals surface area contributed by atoms with Gasteiger partial charge >= 0.3 is 0 Å². The molecule has 1 aromatic heterocycles. The minimum absolute atomic E-state index is 0.0380. The second-order valence-electron chi connectivity index (χ2n) is 8.81. The molecular weight excluding hydrogens is 436 g/mol. The van der Waals surface area contributed by atoms with Crippen molar-refractivity contribution in [3.05, 3.63) is 76.9 Å². The summed E-state index contributed by atoms with van der Waals surface area (Å²) in [6, 6.07) is 17.7. The first-order chi connectivity index (χ1) is 16.2. The summed E-state index contributed by atoms with van der Waals surface area (Å²) in [4.78, 5) is 18.0. The van der Waals surface area contributed by atoms with Gasteiger partial charge in [0.15, 0.2) is 0 Å². The van der Waals surface area contributed by atoms with E-state index in [1.807, 2.05) is 58.2 Å². The summed E-state index contributed by atoms with van der Waals surface area (Å²) in [7, 11) is 0. The van der Waals surface area contributed by atoms with Crippen molar-refractivity contribution in [1.82, 2.24) is 19.6 Å². The molecule has 2 saturated heterocycles. The lowest BCUT2D eigenvalue weighted by atomic mass is 10.1. The highest BCUT2D eigenvalue weighted by atomic mass is 35.5. The summed E-state index contributed by atoms with van der Waals surface area (Å²) < 4.78 is 7.64. The molecule has 1 atom stereocenters. The molecule has 2 aliphatic rings. The molecule has 2 aliphatic heterocycles. The Balaban J connectivity index is 1.34. The quantitative estimate of drug-likeness (QED) is 0.549. The Kier molecular flexibility index (Phi) is 6.76. The van der Waals surface area contributed by atoms with Crippen LogP contribution in [0.5, 0.6) is 0 Å². The SMILES string of the molecule is O=C(c1cn(Cc2ccccc2)nc1-c1ccc(Cl)cc1)N1CCN(CC2CCCO2)CC1. The van der Waals surface area contributed by atoms with E-state index in [2.05, 4.69) is 17.0 Å². The van der Waals surface area contributed by atoms with E-state index in [4.69, 9.17) is 21.4 Å². The van der Waals surface area contributed by atoms with Crippen LogP contribution >= 0.6 is 11.6 Å². The van der Waals surface area contributed by atoms with Gasteiger partial charge in [0.25, 0.3) is 5.91 Å². The van der Waals surface area contributed by atoms with Crippen LogP contribution in [0.4, 0.5) is 0 Å². The summed E-state index contributed by atoms with van der Waals surface area (Å²) in [6.45, 7) is 5.64. The van der Waals surface area contributed by atoms with Crippen LogP contribution in [0.25, 0.3) is 11.3 Å². The number of ether oxygens (including phenoxy) is 1. The van der Waals surface area contributed by atoms with Crippen molar-refractivity contribution in [2.45, 2.75) is 25.5 Å². The van der Waals surface area contributed by atoms with Crippen LogP contribution in [0.15, 0.2) is 60.8 Å². The Labute approximate surface area is 199 Å². The highest BCUT2D eigenvalue weighted by Crippen LogP contribution is 2.26. The zero-order chi connectivity index (χ0) is 22.6. The van der Waals surface area contributed by atoms with Gasteiger partial charge in [0.05, 0.1) is 18.2 Å². The third-order valence-corrected chi connectivity index (χ3v) is 6.69. The monoisotopic (exact) mass is 464 g/mol. The number of benzene rings is 2. The molecule has 1 unspecified atom stereocenters. The largest absolute Gasteiger partial charge is 0.377 e. The Morgan fingerprint density at radius 2 is 1.79 bits per heavy atom. The fourth-order valence-electron chi connectivity index (χ4n) is 4.63. The minimum Gasteiger partial charge on any atom is -0.377 e. The van der Waals surface area contributed by atoms with Crippen molar-refractivity contribution in [2.24, 2.45) is 0 Å². The van der Waals surface area contributed by atoms with Crippen LogP contribution in [0.1, 0.15) is 28.8 Å². The smallest absolute Gasteiger partial charge is 0.257 e. The number of nitrogens with zero attached hydrogens (tertiary/aromatic N) is 4. The molecule has 33 heavy (non-hydrogen) atoms. The van der Waals surface area contributed by atoms with Crippen LogP contribution < -0.4 is 0 Å². The van der Waals surface area contributed by atoms with Gasteiger partial charge in [-0.1, -0.05) is 54.1 Å². The first kappa shape index (κ1) is 22.1. The first-order valence-corrected chi connectivity index (χ1v) is 12.0. The molecule has 6 nitrogen and oxygen atoms in total. The van der Waals surface area contributed by atoms with Crippen molar-refractivity contribution in [3.63, 3.8) is 0 Å². The number of hydrogen-bond acceptors (Lipinski definition) is 4. The molecule has 0 spiro atoms. The van der Waals surface area contributed by atoms with E-state index in [0.717, 1.165) is 63.3 Å². The Bertz CT molecular complexity index is 1070. The zero-order valence-electron chi connectivity index (χ0n) is 18.7. The van der Waals surface area contributed by atoms with Crippen LogP contribution in [-0.4, -0.2) is 70.9 Å². The van der Waals surface area contributed by atoms with E-state index in [-0.39, 0.29) is 5.91 Å². The van der Waals surface area contributed by atoms with Gasteiger partial charge in [-0.2, -0.15) is 5.10 Å². The van der Waals surface area contributed by atoms with Gasteiger partial charge in [-0.15, -0.1) is 0 Å². The molecule has 0 radical (unpaired) electrons. The molecular formula is C26H29ClN4O2. The number of hydrogen-bond donors (Lipinski definition) is 0. The van der Waals surface area contributed by atoms with Crippen molar-refractivity contribution in [3.8, 4) is 11.3 Å². The lowest BCUT2D eigenvalue weighted by Crippen LogP contribution is -2.50. The first-order valence-electron chi connectivity index (χ1n) is 11.7. The fourth-order valence-corrected chi connectivity index (χ4v) is 4.76. The lowest BCUT2D eigenvalue weighted by Gasteiger charge is -2.35. The van der Waals surface area contributed by atoms with E-state index in [1.54, 1.807) is 0 Å². The summed E-state index contributed by atoms with van der Waals surface area (Å²) in [5.41, 5.74) is 3.38. The van der Waals surface area contributed by atoms with Gasteiger partial charge in [-0.05, 0) is 30.5 Å². The predicted octanol–water partition coefficient (Wildman–Crippen LogP) is 4.19. The summed E-state index contributed by atoms with van der Waals surface area (Å²) in [6.07, 6.45) is 4.53. The molecule has 3 aromatic rings. The van der Waals surface area contributed by atoms with Gasteiger partial charge in [0.2, 0.25) is 0 Å². The number of aromatic nitrogens is 2. The maximum atomic E-state index is 13.6. The zero-order valence-corrected chi connectivity index (χ0v) is 19.5. The molecule has 5 rings (SSSR count). The molecule has 0 N–H and O–H groups in total. The van der Waals surface area contributed by atoms with Crippen LogP contribution in [0.3, 0.4) is 0 Å². The summed E-state index contributed by atoms with van der Waals surface area (Å²) in [5.74, 6) is 0.0380. The van der Waals surface area contributed by atoms with Crippen LogP contribution in [-0.2, 0) is 11.3 Å². The number of carbonyl (C=O) groups excluding carboxylic acids is 1. The van der Waals surface area contributed by atoms with Gasteiger partial charge in [0, 0.05) is 56.1 Å². The number of piperazine rings is 1. The molecule has 2 aromatic carbocycles. The Hall–Kier alpha value is -2.67.